The SMILES string of the molecule is Cc1ccc(CN2CCC[C@@H]2CCc2ccncc2)cn1. The van der Waals surface area contributed by atoms with Crippen molar-refractivity contribution in [3.8, 4) is 0 Å². The Morgan fingerprint density at radius 1 is 1.14 bits per heavy atom. The fourth-order valence-corrected chi connectivity index (χ4v) is 3.14. The summed E-state index contributed by atoms with van der Waals surface area (Å²) in [6.07, 6.45) is 10.8. The molecule has 3 heterocycles. The number of hydrogen-bond acceptors (Lipinski definition) is 3. The van der Waals surface area contributed by atoms with Crippen LogP contribution in [0.5, 0.6) is 0 Å². The molecule has 3 nitrogen and oxygen atoms in total. The Labute approximate surface area is 127 Å². The van der Waals surface area contributed by atoms with E-state index >= 15 is 0 Å². The van der Waals surface area contributed by atoms with Gasteiger partial charge in [0.25, 0.3) is 0 Å². The van der Waals surface area contributed by atoms with Crippen LogP contribution < -0.4 is 0 Å². The zero-order chi connectivity index (χ0) is 14.5. The second kappa shape index (κ2) is 6.81. The zero-order valence-corrected chi connectivity index (χ0v) is 12.7. The molecule has 21 heavy (non-hydrogen) atoms. The Hall–Kier alpha value is -1.74. The maximum atomic E-state index is 4.41. The number of aromatic nitrogens is 2. The number of aryl methyl sites for hydroxylation is 2. The van der Waals surface area contributed by atoms with Gasteiger partial charge in [-0.15, -0.1) is 0 Å². The minimum absolute atomic E-state index is 0.708. The maximum Gasteiger partial charge on any atom is 0.0372 e. The predicted molar refractivity (Wildman–Crippen MR) is 85.0 cm³/mol. The molecule has 0 radical (unpaired) electrons. The molecule has 0 spiro atoms. The topological polar surface area (TPSA) is 29.0 Å². The number of pyridine rings is 2. The van der Waals surface area contributed by atoms with Crippen LogP contribution in [0.3, 0.4) is 0 Å². The van der Waals surface area contributed by atoms with Crippen LogP contribution in [-0.4, -0.2) is 27.5 Å². The van der Waals surface area contributed by atoms with E-state index in [1.165, 1.54) is 36.9 Å². The van der Waals surface area contributed by atoms with Crippen molar-refractivity contribution >= 4 is 0 Å². The molecule has 110 valence electrons. The van der Waals surface area contributed by atoms with Gasteiger partial charge in [-0.05, 0) is 68.5 Å². The Balaban J connectivity index is 1.56. The van der Waals surface area contributed by atoms with Crippen LogP contribution in [0.2, 0.25) is 0 Å². The van der Waals surface area contributed by atoms with Crippen LogP contribution in [-0.2, 0) is 13.0 Å². The van der Waals surface area contributed by atoms with E-state index in [-0.39, 0.29) is 0 Å². The molecule has 1 aliphatic rings. The highest BCUT2D eigenvalue weighted by molar-refractivity contribution is 5.14. The lowest BCUT2D eigenvalue weighted by atomic mass is 10.0. The van der Waals surface area contributed by atoms with Gasteiger partial charge in [-0.1, -0.05) is 6.07 Å². The standard InChI is InChI=1S/C18H23N3/c1-15-4-5-17(13-20-15)14-21-12-2-3-18(21)7-6-16-8-10-19-11-9-16/h4-5,8-11,13,18H,2-3,6-7,12,14H2,1H3/t18-/m1/s1. The summed E-state index contributed by atoms with van der Waals surface area (Å²) in [5.41, 5.74) is 3.82. The van der Waals surface area contributed by atoms with E-state index in [0.717, 1.165) is 18.7 Å². The van der Waals surface area contributed by atoms with E-state index in [4.69, 9.17) is 0 Å². The normalized spacial score (nSPS) is 19.0. The second-order valence-electron chi connectivity index (χ2n) is 5.97. The van der Waals surface area contributed by atoms with Crippen molar-refractivity contribution < 1.29 is 0 Å². The second-order valence-corrected chi connectivity index (χ2v) is 5.97. The lowest BCUT2D eigenvalue weighted by Crippen LogP contribution is -2.29. The first-order chi connectivity index (χ1) is 10.3. The van der Waals surface area contributed by atoms with Crippen molar-refractivity contribution in [2.75, 3.05) is 6.54 Å². The molecule has 0 bridgehead atoms. The highest BCUT2D eigenvalue weighted by atomic mass is 15.2. The number of likely N-dealkylation sites (tertiary alicyclic amines) is 1. The highest BCUT2D eigenvalue weighted by Gasteiger charge is 2.24. The minimum atomic E-state index is 0.708. The van der Waals surface area contributed by atoms with E-state index in [1.807, 2.05) is 25.5 Å². The van der Waals surface area contributed by atoms with Crippen molar-refractivity contribution in [1.29, 1.82) is 0 Å². The third-order valence-corrected chi connectivity index (χ3v) is 4.37. The van der Waals surface area contributed by atoms with Crippen LogP contribution >= 0.6 is 0 Å². The first-order valence-electron chi connectivity index (χ1n) is 7.86. The minimum Gasteiger partial charge on any atom is -0.296 e. The third-order valence-electron chi connectivity index (χ3n) is 4.37. The van der Waals surface area contributed by atoms with E-state index in [0.29, 0.717) is 6.04 Å². The zero-order valence-electron chi connectivity index (χ0n) is 12.7. The van der Waals surface area contributed by atoms with Gasteiger partial charge >= 0.3 is 0 Å². The highest BCUT2D eigenvalue weighted by Crippen LogP contribution is 2.23. The molecule has 0 amide bonds. The van der Waals surface area contributed by atoms with Crippen molar-refractivity contribution in [3.63, 3.8) is 0 Å². The molecule has 0 aromatic carbocycles. The maximum absolute atomic E-state index is 4.41. The molecule has 3 heteroatoms. The summed E-state index contributed by atoms with van der Waals surface area (Å²) in [7, 11) is 0. The van der Waals surface area contributed by atoms with E-state index < -0.39 is 0 Å². The van der Waals surface area contributed by atoms with Gasteiger partial charge < -0.3 is 0 Å². The molecule has 1 atom stereocenters. The van der Waals surface area contributed by atoms with Crippen LogP contribution in [0.4, 0.5) is 0 Å². The van der Waals surface area contributed by atoms with Gasteiger partial charge in [0, 0.05) is 36.9 Å². The summed E-state index contributed by atoms with van der Waals surface area (Å²) in [5, 5.41) is 0. The average Bonchev–Trinajstić information content (AvgIpc) is 2.96. The van der Waals surface area contributed by atoms with Gasteiger partial charge in [0.1, 0.15) is 0 Å². The number of rotatable bonds is 5. The van der Waals surface area contributed by atoms with Gasteiger partial charge in [-0.2, -0.15) is 0 Å². The van der Waals surface area contributed by atoms with Crippen LogP contribution in [0, 0.1) is 6.92 Å². The van der Waals surface area contributed by atoms with Crippen molar-refractivity contribution in [2.24, 2.45) is 0 Å². The quantitative estimate of drug-likeness (QED) is 0.841. The summed E-state index contributed by atoms with van der Waals surface area (Å²) in [6.45, 7) is 4.29. The van der Waals surface area contributed by atoms with Gasteiger partial charge in [0.05, 0.1) is 0 Å². The number of hydrogen-bond donors (Lipinski definition) is 0. The molecule has 1 fully saturated rings. The van der Waals surface area contributed by atoms with Crippen LogP contribution in [0.25, 0.3) is 0 Å². The van der Waals surface area contributed by atoms with Crippen LogP contribution in [0.1, 0.15) is 36.1 Å². The monoisotopic (exact) mass is 281 g/mol. The van der Waals surface area contributed by atoms with E-state index in [2.05, 4.69) is 39.1 Å². The average molecular weight is 281 g/mol. The summed E-state index contributed by atoms with van der Waals surface area (Å²) in [5.74, 6) is 0. The molecule has 2 aromatic heterocycles. The van der Waals surface area contributed by atoms with Gasteiger partial charge in [0.15, 0.2) is 0 Å². The van der Waals surface area contributed by atoms with E-state index in [1.54, 1.807) is 0 Å². The van der Waals surface area contributed by atoms with Gasteiger partial charge in [0.2, 0.25) is 0 Å². The first kappa shape index (κ1) is 14.2. The summed E-state index contributed by atoms with van der Waals surface area (Å²) in [6, 6.07) is 9.28. The molecule has 0 unspecified atom stereocenters. The molecule has 1 aliphatic heterocycles. The van der Waals surface area contributed by atoms with Crippen molar-refractivity contribution in [2.45, 2.75) is 45.2 Å². The summed E-state index contributed by atoms with van der Waals surface area (Å²) < 4.78 is 0. The molecular formula is C18H23N3. The smallest absolute Gasteiger partial charge is 0.0372 e. The molecule has 3 rings (SSSR count). The lowest BCUT2D eigenvalue weighted by Gasteiger charge is -2.24. The Morgan fingerprint density at radius 2 is 2.00 bits per heavy atom. The number of nitrogens with zero attached hydrogens (tertiary/aromatic N) is 3. The third kappa shape index (κ3) is 3.88. The molecule has 0 aliphatic carbocycles. The Bertz CT molecular complexity index is 550. The Morgan fingerprint density at radius 3 is 2.76 bits per heavy atom. The lowest BCUT2D eigenvalue weighted by molar-refractivity contribution is 0.234. The molecule has 0 N–H and O–H groups in total. The largest absolute Gasteiger partial charge is 0.296 e. The molecule has 0 saturated carbocycles. The predicted octanol–water partition coefficient (Wildman–Crippen LogP) is 3.38. The van der Waals surface area contributed by atoms with Crippen LogP contribution in [0.15, 0.2) is 42.9 Å². The summed E-state index contributed by atoms with van der Waals surface area (Å²) >= 11 is 0. The fourth-order valence-electron chi connectivity index (χ4n) is 3.14. The Kier molecular flexibility index (Phi) is 4.61. The van der Waals surface area contributed by atoms with Gasteiger partial charge in [-0.25, -0.2) is 0 Å². The summed E-state index contributed by atoms with van der Waals surface area (Å²) in [4.78, 5) is 11.1. The van der Waals surface area contributed by atoms with E-state index in [9.17, 15) is 0 Å². The van der Waals surface area contributed by atoms with Crippen molar-refractivity contribution in [3.05, 3.63) is 59.7 Å². The first-order valence-corrected chi connectivity index (χ1v) is 7.86. The molecule has 1 saturated heterocycles. The molecular weight excluding hydrogens is 258 g/mol. The molecule has 2 aromatic rings. The van der Waals surface area contributed by atoms with Crippen molar-refractivity contribution in [1.82, 2.24) is 14.9 Å². The fraction of sp³-hybridized carbons (Fsp3) is 0.444. The van der Waals surface area contributed by atoms with Gasteiger partial charge in [-0.3, -0.25) is 14.9 Å².